The molecule has 0 fully saturated rings. The van der Waals surface area contributed by atoms with Crippen molar-refractivity contribution in [2.75, 3.05) is 11.4 Å². The molecule has 1 unspecified atom stereocenters. The maximum absolute atomic E-state index is 13.2. The largest absolute Gasteiger partial charge is 0.481 e. The Morgan fingerprint density at radius 1 is 1.09 bits per heavy atom. The zero-order chi connectivity index (χ0) is 22.9. The molecule has 0 saturated heterocycles. The lowest BCUT2D eigenvalue weighted by molar-refractivity contribution is 0.0950. The molecule has 1 N–H and O–H groups in total. The number of anilines is 1. The van der Waals surface area contributed by atoms with Gasteiger partial charge in [0, 0.05) is 28.1 Å². The maximum atomic E-state index is 13.2. The van der Waals surface area contributed by atoms with E-state index >= 15 is 0 Å². The van der Waals surface area contributed by atoms with E-state index in [2.05, 4.69) is 42.2 Å². The first-order valence-electron chi connectivity index (χ1n) is 10.2. The molecule has 1 amide bonds. The number of hydrogen-bond donors (Lipinski definition) is 1. The molecule has 164 valence electrons. The number of ether oxygens (including phenoxy) is 1. The number of Topliss-reactive ketones (excluding diaryl/α,β-unsaturated/α-hetero) is 1. The van der Waals surface area contributed by atoms with E-state index in [4.69, 9.17) is 4.74 Å². The molecule has 1 atom stereocenters. The minimum absolute atomic E-state index is 0.0938. The van der Waals surface area contributed by atoms with Crippen molar-refractivity contribution in [3.05, 3.63) is 110 Å². The van der Waals surface area contributed by atoms with Crippen LogP contribution in [-0.4, -0.2) is 29.3 Å². The van der Waals surface area contributed by atoms with Crippen LogP contribution in [-0.2, 0) is 0 Å². The van der Waals surface area contributed by atoms with E-state index in [-0.39, 0.29) is 18.2 Å². The Labute approximate surface area is 207 Å². The van der Waals surface area contributed by atoms with Crippen molar-refractivity contribution in [1.82, 2.24) is 10.3 Å². The number of aromatic nitrogens is 1. The molecule has 0 aliphatic carbocycles. The van der Waals surface area contributed by atoms with Gasteiger partial charge in [0.15, 0.2) is 11.6 Å². The molecule has 2 aliphatic heterocycles. The molecule has 0 bridgehead atoms. The van der Waals surface area contributed by atoms with Crippen molar-refractivity contribution in [3.8, 4) is 5.75 Å². The van der Waals surface area contributed by atoms with E-state index in [0.717, 1.165) is 14.6 Å². The van der Waals surface area contributed by atoms with Gasteiger partial charge < -0.3 is 15.0 Å². The molecule has 5 rings (SSSR count). The third-order valence-electron chi connectivity index (χ3n) is 5.36. The van der Waals surface area contributed by atoms with Gasteiger partial charge in [0.1, 0.15) is 11.9 Å². The molecule has 3 heterocycles. The predicted molar refractivity (Wildman–Crippen MR) is 132 cm³/mol. The third-order valence-corrected chi connectivity index (χ3v) is 6.38. The van der Waals surface area contributed by atoms with Crippen LogP contribution >= 0.6 is 31.9 Å². The first-order valence-corrected chi connectivity index (χ1v) is 11.8. The molecular formula is C25H17Br2N3O3. The van der Waals surface area contributed by atoms with E-state index in [0.29, 0.717) is 28.3 Å². The van der Waals surface area contributed by atoms with Gasteiger partial charge in [-0.15, -0.1) is 0 Å². The summed E-state index contributed by atoms with van der Waals surface area (Å²) in [6.07, 6.45) is 4.72. The minimum atomic E-state index is -0.554. The van der Waals surface area contributed by atoms with Gasteiger partial charge in [0.05, 0.1) is 22.2 Å². The fraction of sp³-hybridized carbons (Fsp3) is 0.0800. The summed E-state index contributed by atoms with van der Waals surface area (Å²) < 4.78 is 7.66. The first kappa shape index (κ1) is 21.6. The van der Waals surface area contributed by atoms with Crippen molar-refractivity contribution in [2.45, 2.75) is 6.10 Å². The number of halogens is 2. The van der Waals surface area contributed by atoms with Gasteiger partial charge >= 0.3 is 0 Å². The Morgan fingerprint density at radius 2 is 1.85 bits per heavy atom. The maximum Gasteiger partial charge on any atom is 0.251 e. The molecule has 2 aliphatic rings. The van der Waals surface area contributed by atoms with Gasteiger partial charge in [0.2, 0.25) is 0 Å². The number of hydrogen-bond acceptors (Lipinski definition) is 5. The fourth-order valence-corrected chi connectivity index (χ4v) is 4.94. The number of rotatable bonds is 4. The molecule has 8 heteroatoms. The van der Waals surface area contributed by atoms with Gasteiger partial charge in [-0.2, -0.15) is 0 Å². The van der Waals surface area contributed by atoms with Gasteiger partial charge in [-0.3, -0.25) is 9.59 Å². The second kappa shape index (κ2) is 8.96. The fourth-order valence-electron chi connectivity index (χ4n) is 3.76. The average Bonchev–Trinajstić information content (AvgIpc) is 2.83. The average molecular weight is 567 g/mol. The molecule has 0 radical (unpaired) electrons. The Bertz CT molecular complexity index is 1320. The van der Waals surface area contributed by atoms with Crippen LogP contribution < -0.4 is 15.0 Å². The van der Waals surface area contributed by atoms with Gasteiger partial charge in [-0.1, -0.05) is 30.3 Å². The number of amides is 1. The van der Waals surface area contributed by atoms with Crippen LogP contribution in [0.4, 0.5) is 5.82 Å². The highest BCUT2D eigenvalue weighted by Crippen LogP contribution is 2.37. The summed E-state index contributed by atoms with van der Waals surface area (Å²) in [5, 5.41) is 2.95. The number of benzene rings is 2. The SMILES string of the molecule is O=C(NCC1=CC2Oc3ccccc3C(=O)C2=CN1c1ncc(Br)cc1Br)c1ccccc1. The van der Waals surface area contributed by atoms with E-state index in [1.807, 2.05) is 47.4 Å². The van der Waals surface area contributed by atoms with Crippen LogP contribution in [0.1, 0.15) is 20.7 Å². The summed E-state index contributed by atoms with van der Waals surface area (Å²) in [5.74, 6) is 0.852. The second-order valence-corrected chi connectivity index (χ2v) is 9.25. The molecule has 3 aromatic rings. The van der Waals surface area contributed by atoms with Crippen LogP contribution in [0.25, 0.3) is 0 Å². The lowest BCUT2D eigenvalue weighted by atomic mass is 9.93. The number of carbonyl (C=O) groups is 2. The van der Waals surface area contributed by atoms with Crippen LogP contribution in [0, 0.1) is 0 Å². The highest BCUT2D eigenvalue weighted by molar-refractivity contribution is 9.11. The quantitative estimate of drug-likeness (QED) is 0.466. The van der Waals surface area contributed by atoms with Crippen LogP contribution in [0.15, 0.2) is 99.4 Å². The van der Waals surface area contributed by atoms with Crippen LogP contribution in [0.3, 0.4) is 0 Å². The molecule has 6 nitrogen and oxygen atoms in total. The van der Waals surface area contributed by atoms with Crippen molar-refractivity contribution in [3.63, 3.8) is 0 Å². The smallest absolute Gasteiger partial charge is 0.251 e. The molecule has 0 spiro atoms. The monoisotopic (exact) mass is 565 g/mol. The summed E-state index contributed by atoms with van der Waals surface area (Å²) in [4.78, 5) is 32.2. The standard InChI is InChI=1S/C25H17Br2N3O3/c26-16-10-20(27)24(28-12-16)30-14-19-22(33-21-9-5-4-8-18(21)23(19)31)11-17(30)13-29-25(32)15-6-2-1-3-7-15/h1-12,14,22H,13H2,(H,29,32). The van der Waals surface area contributed by atoms with Gasteiger partial charge in [-0.05, 0) is 68.3 Å². The van der Waals surface area contributed by atoms with Crippen LogP contribution in [0.5, 0.6) is 5.75 Å². The van der Waals surface area contributed by atoms with E-state index < -0.39 is 6.10 Å². The number of pyridine rings is 1. The van der Waals surface area contributed by atoms with E-state index in [1.54, 1.807) is 36.7 Å². The predicted octanol–water partition coefficient (Wildman–Crippen LogP) is 5.27. The van der Waals surface area contributed by atoms with Crippen molar-refractivity contribution >= 4 is 49.4 Å². The first-order chi connectivity index (χ1) is 16.0. The Kier molecular flexibility index (Phi) is 5.86. The highest BCUT2D eigenvalue weighted by atomic mass is 79.9. The molecule has 0 saturated carbocycles. The number of nitrogens with one attached hydrogen (secondary N) is 1. The number of carbonyl (C=O) groups excluding carboxylic acids is 2. The molecule has 1 aromatic heterocycles. The third kappa shape index (κ3) is 4.24. The van der Waals surface area contributed by atoms with E-state index in [9.17, 15) is 9.59 Å². The normalized spacial score (nSPS) is 16.7. The number of ketones is 1. The molecule has 2 aromatic carbocycles. The van der Waals surface area contributed by atoms with Gasteiger partial charge in [-0.25, -0.2) is 4.98 Å². The Morgan fingerprint density at radius 3 is 2.64 bits per heavy atom. The summed E-state index contributed by atoms with van der Waals surface area (Å²) in [5.41, 5.74) is 2.33. The zero-order valence-corrected chi connectivity index (χ0v) is 20.3. The van der Waals surface area contributed by atoms with E-state index in [1.165, 1.54) is 0 Å². The minimum Gasteiger partial charge on any atom is -0.481 e. The van der Waals surface area contributed by atoms with Gasteiger partial charge in [0.25, 0.3) is 5.91 Å². The number of para-hydroxylation sites is 1. The lowest BCUT2D eigenvalue weighted by Gasteiger charge is -2.34. The Balaban J connectivity index is 1.51. The zero-order valence-electron chi connectivity index (χ0n) is 17.2. The summed E-state index contributed by atoms with van der Waals surface area (Å²) in [6, 6.07) is 18.1. The summed E-state index contributed by atoms with van der Waals surface area (Å²) >= 11 is 6.98. The van der Waals surface area contributed by atoms with Crippen molar-refractivity contribution in [2.24, 2.45) is 0 Å². The lowest BCUT2D eigenvalue weighted by Crippen LogP contribution is -2.39. The molecular weight excluding hydrogens is 550 g/mol. The number of nitrogens with zero attached hydrogens (tertiary/aromatic N) is 2. The van der Waals surface area contributed by atoms with Crippen molar-refractivity contribution in [1.29, 1.82) is 0 Å². The second-order valence-electron chi connectivity index (χ2n) is 7.48. The molecule has 33 heavy (non-hydrogen) atoms. The topological polar surface area (TPSA) is 71.5 Å². The van der Waals surface area contributed by atoms with Crippen LogP contribution in [0.2, 0.25) is 0 Å². The highest BCUT2D eigenvalue weighted by Gasteiger charge is 2.35. The Hall–Kier alpha value is -3.23. The number of fused-ring (bicyclic) bond motifs is 2. The summed E-state index contributed by atoms with van der Waals surface area (Å²) in [6.45, 7) is 0.220. The summed E-state index contributed by atoms with van der Waals surface area (Å²) in [7, 11) is 0. The van der Waals surface area contributed by atoms with Crippen molar-refractivity contribution < 1.29 is 14.3 Å².